The first-order valence-corrected chi connectivity index (χ1v) is 4.80. The predicted molar refractivity (Wildman–Crippen MR) is 52.4 cm³/mol. The van der Waals surface area contributed by atoms with Crippen molar-refractivity contribution < 1.29 is 15.0 Å². The fourth-order valence-electron chi connectivity index (χ4n) is 1.32. The molecule has 6 heteroatoms. The molecule has 0 radical (unpaired) electrons. The molecule has 84 valence electrons. The van der Waals surface area contributed by atoms with Crippen molar-refractivity contribution in [2.45, 2.75) is 32.9 Å². The Kier molecular flexibility index (Phi) is 3.79. The maximum atomic E-state index is 10.5. The van der Waals surface area contributed by atoms with Crippen LogP contribution in [0.15, 0.2) is 6.20 Å². The highest BCUT2D eigenvalue weighted by molar-refractivity contribution is 5.84. The number of aromatic carboxylic acids is 1. The Morgan fingerprint density at radius 3 is 2.73 bits per heavy atom. The molecule has 0 aliphatic carbocycles. The van der Waals surface area contributed by atoms with E-state index in [9.17, 15) is 9.90 Å². The molecule has 0 aromatic carbocycles. The van der Waals surface area contributed by atoms with E-state index in [0.29, 0.717) is 12.3 Å². The Balaban J connectivity index is 2.53. The topological polar surface area (TPSA) is 88.2 Å². The van der Waals surface area contributed by atoms with Gasteiger partial charge in [-0.3, -0.25) is 0 Å². The van der Waals surface area contributed by atoms with E-state index in [4.69, 9.17) is 5.11 Å². The summed E-state index contributed by atoms with van der Waals surface area (Å²) < 4.78 is 1.34. The molecule has 1 rings (SSSR count). The number of carbonyl (C=O) groups is 1. The van der Waals surface area contributed by atoms with Crippen molar-refractivity contribution in [2.24, 2.45) is 5.92 Å². The first kappa shape index (κ1) is 11.6. The summed E-state index contributed by atoms with van der Waals surface area (Å²) in [6.07, 6.45) is 1.45. The molecule has 0 amide bonds. The van der Waals surface area contributed by atoms with Crippen LogP contribution in [-0.2, 0) is 6.54 Å². The van der Waals surface area contributed by atoms with Gasteiger partial charge in [-0.15, -0.1) is 5.10 Å². The van der Waals surface area contributed by atoms with Gasteiger partial charge in [0.05, 0.1) is 18.8 Å². The third-order valence-electron chi connectivity index (χ3n) is 1.90. The summed E-state index contributed by atoms with van der Waals surface area (Å²) in [6.45, 7) is 4.29. The maximum Gasteiger partial charge on any atom is 0.358 e. The van der Waals surface area contributed by atoms with E-state index in [1.54, 1.807) is 0 Å². The average molecular weight is 213 g/mol. The van der Waals surface area contributed by atoms with Gasteiger partial charge in [-0.05, 0) is 12.3 Å². The van der Waals surface area contributed by atoms with Gasteiger partial charge in [0.2, 0.25) is 0 Å². The van der Waals surface area contributed by atoms with Gasteiger partial charge in [0, 0.05) is 0 Å². The van der Waals surface area contributed by atoms with Gasteiger partial charge in [0.1, 0.15) is 0 Å². The van der Waals surface area contributed by atoms with Crippen LogP contribution in [0, 0.1) is 5.92 Å². The van der Waals surface area contributed by atoms with E-state index in [1.807, 2.05) is 13.8 Å². The number of hydrogen-bond acceptors (Lipinski definition) is 4. The normalized spacial score (nSPS) is 13.1. The SMILES string of the molecule is CC(C)CC(O)Cn1cc(C(=O)O)nn1. The molecule has 2 N–H and O–H groups in total. The summed E-state index contributed by atoms with van der Waals surface area (Å²) >= 11 is 0. The molecule has 1 unspecified atom stereocenters. The number of carboxylic acid groups (broad SMARTS) is 1. The minimum atomic E-state index is -1.11. The minimum absolute atomic E-state index is 0.105. The Morgan fingerprint density at radius 2 is 2.27 bits per heavy atom. The summed E-state index contributed by atoms with van der Waals surface area (Å²) in [4.78, 5) is 10.5. The molecular formula is C9H15N3O3. The van der Waals surface area contributed by atoms with E-state index in [0.717, 1.165) is 0 Å². The molecule has 0 spiro atoms. The Bertz CT molecular complexity index is 335. The fourth-order valence-corrected chi connectivity index (χ4v) is 1.32. The highest BCUT2D eigenvalue weighted by atomic mass is 16.4. The van der Waals surface area contributed by atoms with Crippen LogP contribution >= 0.6 is 0 Å². The molecule has 0 aliphatic heterocycles. The molecule has 0 aliphatic rings. The van der Waals surface area contributed by atoms with Crippen LogP contribution in [0.5, 0.6) is 0 Å². The van der Waals surface area contributed by atoms with E-state index in [-0.39, 0.29) is 12.2 Å². The molecule has 1 aromatic heterocycles. The number of aromatic nitrogens is 3. The standard InChI is InChI=1S/C9H15N3O3/c1-6(2)3-7(13)4-12-5-8(9(14)15)10-11-12/h5-7,13H,3-4H2,1-2H3,(H,14,15). The molecule has 0 fully saturated rings. The van der Waals surface area contributed by atoms with Gasteiger partial charge in [0.15, 0.2) is 5.69 Å². The van der Waals surface area contributed by atoms with E-state index in [1.165, 1.54) is 10.9 Å². The van der Waals surface area contributed by atoms with E-state index < -0.39 is 12.1 Å². The number of nitrogens with zero attached hydrogens (tertiary/aromatic N) is 3. The van der Waals surface area contributed by atoms with E-state index >= 15 is 0 Å². The van der Waals surface area contributed by atoms with Gasteiger partial charge in [-0.2, -0.15) is 0 Å². The zero-order chi connectivity index (χ0) is 11.4. The quantitative estimate of drug-likeness (QED) is 0.738. The van der Waals surface area contributed by atoms with Crippen molar-refractivity contribution in [1.82, 2.24) is 15.0 Å². The third kappa shape index (κ3) is 3.67. The Hall–Kier alpha value is -1.43. The summed E-state index contributed by atoms with van der Waals surface area (Å²) in [6, 6.07) is 0. The van der Waals surface area contributed by atoms with Crippen molar-refractivity contribution in [2.75, 3.05) is 0 Å². The molecule has 6 nitrogen and oxygen atoms in total. The summed E-state index contributed by atoms with van der Waals surface area (Å²) in [5, 5.41) is 25.2. The zero-order valence-corrected chi connectivity index (χ0v) is 8.79. The number of rotatable bonds is 5. The minimum Gasteiger partial charge on any atom is -0.476 e. The monoisotopic (exact) mass is 213 g/mol. The average Bonchev–Trinajstić information content (AvgIpc) is 2.50. The molecule has 0 saturated carbocycles. The van der Waals surface area contributed by atoms with Crippen molar-refractivity contribution in [3.63, 3.8) is 0 Å². The Labute approximate surface area is 87.5 Å². The molecule has 0 bridgehead atoms. The second-order valence-electron chi connectivity index (χ2n) is 3.91. The molecule has 0 saturated heterocycles. The smallest absolute Gasteiger partial charge is 0.358 e. The zero-order valence-electron chi connectivity index (χ0n) is 8.79. The summed E-state index contributed by atoms with van der Waals surface area (Å²) in [7, 11) is 0. The highest BCUT2D eigenvalue weighted by Crippen LogP contribution is 2.06. The van der Waals surface area contributed by atoms with Crippen molar-refractivity contribution in [3.05, 3.63) is 11.9 Å². The van der Waals surface area contributed by atoms with Gasteiger partial charge in [-0.25, -0.2) is 9.48 Å². The molecule has 1 heterocycles. The third-order valence-corrected chi connectivity index (χ3v) is 1.90. The lowest BCUT2D eigenvalue weighted by atomic mass is 10.1. The highest BCUT2D eigenvalue weighted by Gasteiger charge is 2.12. The van der Waals surface area contributed by atoms with Crippen LogP contribution in [0.1, 0.15) is 30.8 Å². The number of aliphatic hydroxyl groups is 1. The van der Waals surface area contributed by atoms with Crippen LogP contribution < -0.4 is 0 Å². The number of hydrogen-bond donors (Lipinski definition) is 2. The van der Waals surface area contributed by atoms with Crippen molar-refractivity contribution in [3.8, 4) is 0 Å². The molecule has 15 heavy (non-hydrogen) atoms. The first-order chi connectivity index (χ1) is 6.99. The van der Waals surface area contributed by atoms with Crippen LogP contribution in [0.2, 0.25) is 0 Å². The summed E-state index contributed by atoms with van der Waals surface area (Å²) in [5.41, 5.74) is -0.105. The lowest BCUT2D eigenvalue weighted by Gasteiger charge is -2.11. The second-order valence-corrected chi connectivity index (χ2v) is 3.91. The van der Waals surface area contributed by atoms with Gasteiger partial charge >= 0.3 is 5.97 Å². The molecular weight excluding hydrogens is 198 g/mol. The van der Waals surface area contributed by atoms with Gasteiger partial charge in [-0.1, -0.05) is 19.1 Å². The maximum absolute atomic E-state index is 10.5. The summed E-state index contributed by atoms with van der Waals surface area (Å²) in [5.74, 6) is -0.720. The van der Waals surface area contributed by atoms with Crippen LogP contribution in [-0.4, -0.2) is 37.3 Å². The largest absolute Gasteiger partial charge is 0.476 e. The molecule has 1 aromatic rings. The van der Waals surface area contributed by atoms with Crippen molar-refractivity contribution in [1.29, 1.82) is 0 Å². The van der Waals surface area contributed by atoms with Crippen LogP contribution in [0.3, 0.4) is 0 Å². The van der Waals surface area contributed by atoms with Crippen LogP contribution in [0.4, 0.5) is 0 Å². The lowest BCUT2D eigenvalue weighted by molar-refractivity contribution is 0.0690. The Morgan fingerprint density at radius 1 is 1.60 bits per heavy atom. The van der Waals surface area contributed by atoms with Gasteiger partial charge in [0.25, 0.3) is 0 Å². The van der Waals surface area contributed by atoms with Gasteiger partial charge < -0.3 is 10.2 Å². The fraction of sp³-hybridized carbons (Fsp3) is 0.667. The number of carboxylic acids is 1. The van der Waals surface area contributed by atoms with Crippen molar-refractivity contribution >= 4 is 5.97 Å². The van der Waals surface area contributed by atoms with E-state index in [2.05, 4.69) is 10.3 Å². The predicted octanol–water partition coefficient (Wildman–Crippen LogP) is 0.383. The van der Waals surface area contributed by atoms with Crippen LogP contribution in [0.25, 0.3) is 0 Å². The number of aliphatic hydroxyl groups excluding tert-OH is 1. The first-order valence-electron chi connectivity index (χ1n) is 4.80. The molecule has 1 atom stereocenters. The lowest BCUT2D eigenvalue weighted by Crippen LogP contribution is -2.18. The second kappa shape index (κ2) is 4.88.